The molecule has 2 saturated heterocycles. The summed E-state index contributed by atoms with van der Waals surface area (Å²) in [7, 11) is -3.57. The molecule has 1 aromatic carbocycles. The summed E-state index contributed by atoms with van der Waals surface area (Å²) in [5.74, 6) is 0.0796. The Labute approximate surface area is 143 Å². The van der Waals surface area contributed by atoms with Crippen molar-refractivity contribution in [2.24, 2.45) is 5.14 Å². The molecule has 1 amide bonds. The summed E-state index contributed by atoms with van der Waals surface area (Å²) in [4.78, 5) is 17.0. The molecule has 2 N–H and O–H groups in total. The molecular formula is C17H25N3O3S. The van der Waals surface area contributed by atoms with E-state index in [0.717, 1.165) is 37.9 Å². The summed E-state index contributed by atoms with van der Waals surface area (Å²) in [5, 5.41) is 4.73. The third-order valence-electron chi connectivity index (χ3n) is 5.02. The van der Waals surface area contributed by atoms with E-state index < -0.39 is 21.3 Å². The van der Waals surface area contributed by atoms with Gasteiger partial charge in [-0.1, -0.05) is 30.3 Å². The van der Waals surface area contributed by atoms with Crippen LogP contribution in [0.15, 0.2) is 30.3 Å². The van der Waals surface area contributed by atoms with Crippen LogP contribution in [-0.4, -0.2) is 55.6 Å². The van der Waals surface area contributed by atoms with Crippen molar-refractivity contribution in [1.29, 1.82) is 0 Å². The topological polar surface area (TPSA) is 83.7 Å². The first kappa shape index (κ1) is 17.4. The second kappa shape index (κ2) is 7.21. The quantitative estimate of drug-likeness (QED) is 0.880. The first-order chi connectivity index (χ1) is 11.5. The largest absolute Gasteiger partial charge is 0.341 e. The van der Waals surface area contributed by atoms with E-state index in [1.165, 1.54) is 0 Å². The Morgan fingerprint density at radius 1 is 1.08 bits per heavy atom. The number of rotatable bonds is 4. The molecule has 0 bridgehead atoms. The van der Waals surface area contributed by atoms with Crippen molar-refractivity contribution in [2.45, 2.75) is 37.0 Å². The van der Waals surface area contributed by atoms with E-state index in [9.17, 15) is 13.2 Å². The molecule has 132 valence electrons. The van der Waals surface area contributed by atoms with Crippen LogP contribution in [0.2, 0.25) is 0 Å². The van der Waals surface area contributed by atoms with Gasteiger partial charge in [0.25, 0.3) is 0 Å². The number of hydrogen-bond acceptors (Lipinski definition) is 4. The van der Waals surface area contributed by atoms with Crippen LogP contribution in [0.5, 0.6) is 0 Å². The molecule has 2 aliphatic rings. The van der Waals surface area contributed by atoms with Crippen LogP contribution >= 0.6 is 0 Å². The molecule has 3 rings (SSSR count). The number of carbonyl (C=O) groups is 1. The molecule has 0 saturated carbocycles. The van der Waals surface area contributed by atoms with Crippen LogP contribution in [0, 0.1) is 0 Å². The number of amides is 1. The predicted octanol–water partition coefficient (Wildman–Crippen LogP) is 1.10. The lowest BCUT2D eigenvalue weighted by atomic mass is 10.0. The van der Waals surface area contributed by atoms with E-state index in [1.807, 2.05) is 40.1 Å². The molecule has 24 heavy (non-hydrogen) atoms. The highest BCUT2D eigenvalue weighted by Crippen LogP contribution is 2.29. The van der Waals surface area contributed by atoms with Gasteiger partial charge < -0.3 is 4.90 Å². The minimum Gasteiger partial charge on any atom is -0.341 e. The van der Waals surface area contributed by atoms with Crippen molar-refractivity contribution in [2.75, 3.05) is 26.2 Å². The molecule has 7 heteroatoms. The molecule has 2 heterocycles. The van der Waals surface area contributed by atoms with E-state index in [-0.39, 0.29) is 5.91 Å². The zero-order valence-corrected chi connectivity index (χ0v) is 14.6. The van der Waals surface area contributed by atoms with Crippen LogP contribution in [-0.2, 0) is 14.8 Å². The van der Waals surface area contributed by atoms with E-state index in [4.69, 9.17) is 5.14 Å². The van der Waals surface area contributed by atoms with Crippen molar-refractivity contribution in [3.63, 3.8) is 0 Å². The Hall–Kier alpha value is -1.44. The molecule has 0 radical (unpaired) electrons. The number of hydrogen-bond donors (Lipinski definition) is 1. The predicted molar refractivity (Wildman–Crippen MR) is 92.7 cm³/mol. The molecule has 2 fully saturated rings. The Bertz CT molecular complexity index is 672. The fourth-order valence-corrected chi connectivity index (χ4v) is 4.52. The highest BCUT2D eigenvalue weighted by molar-refractivity contribution is 7.89. The number of sulfonamides is 1. The van der Waals surface area contributed by atoms with E-state index >= 15 is 0 Å². The maximum absolute atomic E-state index is 13.1. The number of nitrogens with two attached hydrogens (primary N) is 1. The Morgan fingerprint density at radius 3 is 2.33 bits per heavy atom. The Balaban J connectivity index is 1.84. The zero-order valence-electron chi connectivity index (χ0n) is 13.8. The standard InChI is InChI=1S/C17H25N3O3S/c18-24(22,23)15-9-12-20(13-15)16(14-7-3-1-4-8-14)17(21)19-10-5-2-6-11-19/h1,3-4,7-8,15-16H,2,5-6,9-13H2,(H2,18,22,23)/t15-,16+/m1/s1. The fourth-order valence-electron chi connectivity index (χ4n) is 3.69. The minimum atomic E-state index is -3.57. The van der Waals surface area contributed by atoms with Gasteiger partial charge in [0.1, 0.15) is 6.04 Å². The lowest BCUT2D eigenvalue weighted by Crippen LogP contribution is -2.45. The summed E-state index contributed by atoms with van der Waals surface area (Å²) in [5.41, 5.74) is 0.920. The number of benzene rings is 1. The molecular weight excluding hydrogens is 326 g/mol. The number of nitrogens with zero attached hydrogens (tertiary/aromatic N) is 2. The first-order valence-electron chi connectivity index (χ1n) is 8.56. The third kappa shape index (κ3) is 3.79. The summed E-state index contributed by atoms with van der Waals surface area (Å²) in [6.07, 6.45) is 3.71. The highest BCUT2D eigenvalue weighted by atomic mass is 32.2. The van der Waals surface area contributed by atoms with Gasteiger partial charge in [-0.05, 0) is 31.2 Å². The maximum atomic E-state index is 13.1. The third-order valence-corrected chi connectivity index (χ3v) is 6.34. The van der Waals surface area contributed by atoms with Crippen molar-refractivity contribution in [3.05, 3.63) is 35.9 Å². The van der Waals surface area contributed by atoms with Gasteiger partial charge in [0.2, 0.25) is 15.9 Å². The average Bonchev–Trinajstić information content (AvgIpc) is 3.07. The van der Waals surface area contributed by atoms with Gasteiger partial charge in [-0.25, -0.2) is 13.6 Å². The van der Waals surface area contributed by atoms with Crippen LogP contribution in [0.4, 0.5) is 0 Å². The molecule has 0 aromatic heterocycles. The molecule has 1 aromatic rings. The van der Waals surface area contributed by atoms with Gasteiger partial charge in [-0.3, -0.25) is 9.69 Å². The van der Waals surface area contributed by atoms with Gasteiger partial charge >= 0.3 is 0 Å². The van der Waals surface area contributed by atoms with Gasteiger partial charge in [0, 0.05) is 26.2 Å². The van der Waals surface area contributed by atoms with Crippen LogP contribution in [0.25, 0.3) is 0 Å². The van der Waals surface area contributed by atoms with E-state index in [1.54, 1.807) is 0 Å². The highest BCUT2D eigenvalue weighted by Gasteiger charge is 2.39. The lowest BCUT2D eigenvalue weighted by molar-refractivity contribution is -0.137. The molecule has 0 aliphatic carbocycles. The van der Waals surface area contributed by atoms with Crippen LogP contribution < -0.4 is 5.14 Å². The molecule has 6 nitrogen and oxygen atoms in total. The van der Waals surface area contributed by atoms with Crippen molar-refractivity contribution in [3.8, 4) is 0 Å². The maximum Gasteiger partial charge on any atom is 0.244 e. The van der Waals surface area contributed by atoms with Crippen molar-refractivity contribution >= 4 is 15.9 Å². The monoisotopic (exact) mass is 351 g/mol. The Kier molecular flexibility index (Phi) is 5.22. The van der Waals surface area contributed by atoms with Gasteiger partial charge in [-0.15, -0.1) is 0 Å². The van der Waals surface area contributed by atoms with Gasteiger partial charge in [0.05, 0.1) is 5.25 Å². The number of primary sulfonamides is 1. The average molecular weight is 351 g/mol. The van der Waals surface area contributed by atoms with Gasteiger partial charge in [-0.2, -0.15) is 0 Å². The Morgan fingerprint density at radius 2 is 1.75 bits per heavy atom. The van der Waals surface area contributed by atoms with Crippen molar-refractivity contribution < 1.29 is 13.2 Å². The molecule has 0 spiro atoms. The fraction of sp³-hybridized carbons (Fsp3) is 0.588. The number of piperidine rings is 1. The summed E-state index contributed by atoms with van der Waals surface area (Å²) in [6.45, 7) is 2.46. The summed E-state index contributed by atoms with van der Waals surface area (Å²) < 4.78 is 23.3. The van der Waals surface area contributed by atoms with Crippen LogP contribution in [0.1, 0.15) is 37.3 Å². The molecule has 2 atom stereocenters. The van der Waals surface area contributed by atoms with Crippen molar-refractivity contribution in [1.82, 2.24) is 9.80 Å². The smallest absolute Gasteiger partial charge is 0.244 e. The summed E-state index contributed by atoms with van der Waals surface area (Å²) in [6, 6.07) is 9.21. The molecule has 0 unspecified atom stereocenters. The van der Waals surface area contributed by atoms with Gasteiger partial charge in [0.15, 0.2) is 0 Å². The lowest BCUT2D eigenvalue weighted by Gasteiger charge is -2.34. The second-order valence-corrected chi connectivity index (χ2v) is 8.54. The second-order valence-electron chi connectivity index (χ2n) is 6.69. The number of likely N-dealkylation sites (tertiary alicyclic amines) is 2. The van der Waals surface area contributed by atoms with E-state index in [0.29, 0.717) is 19.5 Å². The first-order valence-corrected chi connectivity index (χ1v) is 10.2. The minimum absolute atomic E-state index is 0.0796. The number of carbonyl (C=O) groups excluding carboxylic acids is 1. The van der Waals surface area contributed by atoms with E-state index in [2.05, 4.69) is 0 Å². The SMILES string of the molecule is NS(=O)(=O)[C@@H]1CCN([C@H](C(=O)N2CCCCC2)c2ccccc2)C1. The molecule has 2 aliphatic heterocycles. The summed E-state index contributed by atoms with van der Waals surface area (Å²) >= 11 is 0. The normalized spacial score (nSPS) is 24.0. The zero-order chi connectivity index (χ0) is 17.2. The van der Waals surface area contributed by atoms with Crippen LogP contribution in [0.3, 0.4) is 0 Å².